The second-order valence-corrected chi connectivity index (χ2v) is 12.5. The first kappa shape index (κ1) is 32.6. The molecule has 3 N–H and O–H groups in total. The molecule has 0 aromatic heterocycles. The van der Waals surface area contributed by atoms with Gasteiger partial charge in [-0.2, -0.15) is 0 Å². The van der Waals surface area contributed by atoms with Crippen LogP contribution in [-0.4, -0.2) is 81.3 Å². The molecule has 44 heavy (non-hydrogen) atoms. The van der Waals surface area contributed by atoms with E-state index in [0.29, 0.717) is 22.7 Å². The number of anilines is 2. The van der Waals surface area contributed by atoms with Gasteiger partial charge in [-0.3, -0.25) is 9.52 Å². The van der Waals surface area contributed by atoms with Crippen molar-refractivity contribution < 1.29 is 37.0 Å². The topological polar surface area (TPSA) is 138 Å². The van der Waals surface area contributed by atoms with Gasteiger partial charge < -0.3 is 29.7 Å². The van der Waals surface area contributed by atoms with Crippen LogP contribution in [0.2, 0.25) is 0 Å². The molecule has 11 nitrogen and oxygen atoms in total. The molecule has 3 aromatic carbocycles. The number of sulfonamides is 1. The monoisotopic (exact) mass is 628 g/mol. The molecule has 0 spiro atoms. The maximum absolute atomic E-state index is 13.5. The summed E-state index contributed by atoms with van der Waals surface area (Å²) in [4.78, 5) is 29.5. The third kappa shape index (κ3) is 7.97. The van der Waals surface area contributed by atoms with E-state index < -0.39 is 34.0 Å². The predicted octanol–water partition coefficient (Wildman–Crippen LogP) is 3.95. The standard InChI is InChI=1S/C31H37FN4O7S/c1-20-17-36(21(2)19-37)30(38)16-22-15-25(34-44(40,41)27-12-10-26(42-4)11-13-27)9-14-28(22)43-29(20)18-35(3)31(39)33-24-7-5-23(32)6-8-24/h5-15,20-21,29,34,37H,16-19H2,1-4H3,(H,33,39)/t20-,21-,29-/m0/s1. The number of carbonyl (C=O) groups excluding carboxylic acids is 2. The third-order valence-electron chi connectivity index (χ3n) is 7.43. The average molecular weight is 629 g/mol. The van der Waals surface area contributed by atoms with Crippen LogP contribution in [0.1, 0.15) is 19.4 Å². The fourth-order valence-corrected chi connectivity index (χ4v) is 5.83. The molecule has 0 bridgehead atoms. The van der Waals surface area contributed by atoms with Gasteiger partial charge in [0.2, 0.25) is 5.91 Å². The molecule has 0 aliphatic carbocycles. The fourth-order valence-electron chi connectivity index (χ4n) is 4.78. The van der Waals surface area contributed by atoms with Crippen molar-refractivity contribution in [2.24, 2.45) is 5.92 Å². The number of ether oxygens (including phenoxy) is 2. The van der Waals surface area contributed by atoms with Crippen molar-refractivity contribution in [3.63, 3.8) is 0 Å². The van der Waals surface area contributed by atoms with Crippen molar-refractivity contribution in [2.45, 2.75) is 37.3 Å². The summed E-state index contributed by atoms with van der Waals surface area (Å²) in [6.07, 6.45) is -0.683. The summed E-state index contributed by atoms with van der Waals surface area (Å²) in [7, 11) is -0.868. The summed E-state index contributed by atoms with van der Waals surface area (Å²) >= 11 is 0. The van der Waals surface area contributed by atoms with Crippen molar-refractivity contribution in [2.75, 3.05) is 43.9 Å². The van der Waals surface area contributed by atoms with E-state index in [-0.39, 0.29) is 48.5 Å². The van der Waals surface area contributed by atoms with Crippen LogP contribution in [0.5, 0.6) is 11.5 Å². The van der Waals surface area contributed by atoms with Crippen LogP contribution in [-0.2, 0) is 21.2 Å². The molecule has 0 saturated carbocycles. The lowest BCUT2D eigenvalue weighted by molar-refractivity contribution is -0.134. The highest BCUT2D eigenvalue weighted by Gasteiger charge is 2.32. The molecule has 0 unspecified atom stereocenters. The normalized spacial score (nSPS) is 17.7. The number of amides is 3. The summed E-state index contributed by atoms with van der Waals surface area (Å²) < 4.78 is 53.5. The molecule has 4 rings (SSSR count). The highest BCUT2D eigenvalue weighted by Crippen LogP contribution is 2.30. The maximum atomic E-state index is 13.5. The summed E-state index contributed by atoms with van der Waals surface area (Å²) in [6, 6.07) is 15.1. The first-order valence-corrected chi connectivity index (χ1v) is 15.5. The molecule has 3 amide bonds. The van der Waals surface area contributed by atoms with Gasteiger partial charge in [0.15, 0.2) is 0 Å². The Morgan fingerprint density at radius 1 is 1.14 bits per heavy atom. The van der Waals surface area contributed by atoms with Crippen LogP contribution in [0.15, 0.2) is 71.6 Å². The van der Waals surface area contributed by atoms with Gasteiger partial charge in [-0.25, -0.2) is 17.6 Å². The maximum Gasteiger partial charge on any atom is 0.321 e. The van der Waals surface area contributed by atoms with E-state index in [2.05, 4.69) is 10.0 Å². The zero-order valence-electron chi connectivity index (χ0n) is 25.0. The largest absolute Gasteiger partial charge is 0.497 e. The molecule has 13 heteroatoms. The van der Waals surface area contributed by atoms with E-state index >= 15 is 0 Å². The van der Waals surface area contributed by atoms with Crippen LogP contribution >= 0.6 is 0 Å². The number of benzene rings is 3. The number of carbonyl (C=O) groups is 2. The minimum Gasteiger partial charge on any atom is -0.497 e. The van der Waals surface area contributed by atoms with Crippen LogP contribution < -0.4 is 19.5 Å². The van der Waals surface area contributed by atoms with Gasteiger partial charge in [-0.05, 0) is 73.7 Å². The van der Waals surface area contributed by atoms with E-state index in [9.17, 15) is 27.5 Å². The van der Waals surface area contributed by atoms with Gasteiger partial charge in [0.25, 0.3) is 10.0 Å². The summed E-state index contributed by atoms with van der Waals surface area (Å²) in [5, 5.41) is 12.6. The number of fused-ring (bicyclic) bond motifs is 1. The first-order chi connectivity index (χ1) is 20.9. The molecule has 1 aliphatic rings. The Bertz CT molecular complexity index is 1570. The molecule has 0 fully saturated rings. The molecule has 236 valence electrons. The van der Waals surface area contributed by atoms with Crippen molar-refractivity contribution in [3.8, 4) is 11.5 Å². The molecule has 3 atom stereocenters. The number of aliphatic hydroxyl groups excluding tert-OH is 1. The number of hydrogen-bond acceptors (Lipinski definition) is 7. The van der Waals surface area contributed by atoms with E-state index in [1.54, 1.807) is 49.2 Å². The van der Waals surface area contributed by atoms with Crippen molar-refractivity contribution in [3.05, 3.63) is 78.1 Å². The Labute approximate surface area is 256 Å². The minimum atomic E-state index is -3.95. The number of hydrogen-bond donors (Lipinski definition) is 3. The van der Waals surface area contributed by atoms with E-state index in [1.807, 2.05) is 6.92 Å². The number of rotatable bonds is 9. The van der Waals surface area contributed by atoms with Crippen LogP contribution in [0.25, 0.3) is 0 Å². The smallest absolute Gasteiger partial charge is 0.321 e. The number of aliphatic hydroxyl groups is 1. The van der Waals surface area contributed by atoms with Gasteiger partial charge in [0, 0.05) is 36.4 Å². The number of urea groups is 1. The molecule has 3 aromatic rings. The predicted molar refractivity (Wildman–Crippen MR) is 164 cm³/mol. The quantitative estimate of drug-likeness (QED) is 0.326. The Hall–Kier alpha value is -4.36. The average Bonchev–Trinajstić information content (AvgIpc) is 3.05. The van der Waals surface area contributed by atoms with Gasteiger partial charge in [-0.1, -0.05) is 6.92 Å². The van der Waals surface area contributed by atoms with Gasteiger partial charge in [0.1, 0.15) is 23.4 Å². The van der Waals surface area contributed by atoms with Crippen molar-refractivity contribution in [1.29, 1.82) is 0 Å². The third-order valence-corrected chi connectivity index (χ3v) is 8.83. The van der Waals surface area contributed by atoms with Crippen LogP contribution in [0.4, 0.5) is 20.6 Å². The van der Waals surface area contributed by atoms with Gasteiger partial charge >= 0.3 is 6.03 Å². The number of likely N-dealkylation sites (N-methyl/N-ethyl adjacent to an activating group) is 1. The molecule has 0 radical (unpaired) electrons. The number of nitrogens with zero attached hydrogens (tertiary/aromatic N) is 2. The molecule has 0 saturated heterocycles. The summed E-state index contributed by atoms with van der Waals surface area (Å²) in [5.74, 6) is -0.0698. The van der Waals surface area contributed by atoms with Crippen molar-refractivity contribution in [1.82, 2.24) is 9.80 Å². The Morgan fingerprint density at radius 3 is 2.43 bits per heavy atom. The molecular weight excluding hydrogens is 591 g/mol. The Kier molecular flexibility index (Phi) is 10.3. The fraction of sp³-hybridized carbons (Fsp3) is 0.355. The van der Waals surface area contributed by atoms with E-state index in [0.717, 1.165) is 0 Å². The Balaban J connectivity index is 1.60. The lowest BCUT2D eigenvalue weighted by Crippen LogP contribution is -2.48. The number of nitrogens with one attached hydrogen (secondary N) is 2. The highest BCUT2D eigenvalue weighted by atomic mass is 32.2. The zero-order valence-corrected chi connectivity index (χ0v) is 25.8. The number of halogens is 1. The zero-order chi connectivity index (χ0) is 32.0. The van der Waals surface area contributed by atoms with Crippen LogP contribution in [0, 0.1) is 11.7 Å². The molecule has 1 aliphatic heterocycles. The lowest BCUT2D eigenvalue weighted by Gasteiger charge is -2.34. The van der Waals surface area contributed by atoms with Gasteiger partial charge in [-0.15, -0.1) is 0 Å². The first-order valence-electron chi connectivity index (χ1n) is 14.0. The van der Waals surface area contributed by atoms with Crippen LogP contribution in [0.3, 0.4) is 0 Å². The summed E-state index contributed by atoms with van der Waals surface area (Å²) in [6.45, 7) is 3.77. The molecular formula is C31H37FN4O7S. The number of methoxy groups -OCH3 is 1. The summed E-state index contributed by atoms with van der Waals surface area (Å²) in [5.41, 5.74) is 1.10. The van der Waals surface area contributed by atoms with Crippen molar-refractivity contribution >= 4 is 33.3 Å². The minimum absolute atomic E-state index is 0.0351. The Morgan fingerprint density at radius 2 is 1.80 bits per heavy atom. The second-order valence-electron chi connectivity index (χ2n) is 10.8. The van der Waals surface area contributed by atoms with Gasteiger partial charge in [0.05, 0.1) is 37.6 Å². The SMILES string of the molecule is COc1ccc(S(=O)(=O)Nc2ccc3c(c2)CC(=O)N([C@@H](C)CO)C[C@H](C)[C@H](CN(C)C(=O)Nc2ccc(F)cc2)O3)cc1. The van der Waals surface area contributed by atoms with E-state index in [1.165, 1.54) is 48.4 Å². The second kappa shape index (κ2) is 14.0. The molecule has 1 heterocycles. The van der Waals surface area contributed by atoms with E-state index in [4.69, 9.17) is 9.47 Å². The highest BCUT2D eigenvalue weighted by molar-refractivity contribution is 7.92. The lowest BCUT2D eigenvalue weighted by atomic mass is 10.0.